The van der Waals surface area contributed by atoms with Crippen LogP contribution < -0.4 is 11.4 Å². The second-order valence-corrected chi connectivity index (χ2v) is 11.9. The summed E-state index contributed by atoms with van der Waals surface area (Å²) in [5.41, 5.74) is 5.12. The van der Waals surface area contributed by atoms with E-state index in [-0.39, 0.29) is 18.8 Å². The summed E-state index contributed by atoms with van der Waals surface area (Å²) in [6.07, 6.45) is 2.46. The highest BCUT2D eigenvalue weighted by Crippen LogP contribution is 2.44. The normalized spacial score (nSPS) is 28.2. The van der Waals surface area contributed by atoms with Gasteiger partial charge in [0.2, 0.25) is 0 Å². The lowest BCUT2D eigenvalue weighted by atomic mass is 10.2. The van der Waals surface area contributed by atoms with Crippen molar-refractivity contribution in [1.82, 2.24) is 9.55 Å². The van der Waals surface area contributed by atoms with Crippen LogP contribution in [-0.4, -0.2) is 46.7 Å². The molecule has 4 N–H and O–H groups in total. The van der Waals surface area contributed by atoms with Gasteiger partial charge in [-0.25, -0.2) is 4.79 Å². The van der Waals surface area contributed by atoms with Crippen molar-refractivity contribution in [1.29, 1.82) is 0 Å². The molecule has 1 aromatic rings. The second kappa shape index (κ2) is 6.72. The van der Waals surface area contributed by atoms with E-state index in [0.717, 1.165) is 18.9 Å². The first-order valence-corrected chi connectivity index (χ1v) is 11.3. The third-order valence-corrected chi connectivity index (χ3v) is 9.15. The monoisotopic (exact) mass is 341 g/mol. The number of ether oxygens (including phenoxy) is 1. The Morgan fingerprint density at radius 3 is 2.78 bits per heavy atom. The highest BCUT2D eigenvalue weighted by Gasteiger charge is 2.57. The van der Waals surface area contributed by atoms with E-state index in [0.29, 0.717) is 0 Å². The quantitative estimate of drug-likeness (QED) is 0.656. The molecule has 2 rings (SSSR count). The zero-order chi connectivity index (χ0) is 17.3. The Morgan fingerprint density at radius 2 is 2.26 bits per heavy atom. The van der Waals surface area contributed by atoms with Crippen LogP contribution in [0.5, 0.6) is 0 Å². The van der Waals surface area contributed by atoms with E-state index in [9.17, 15) is 15.0 Å². The van der Waals surface area contributed by atoms with Gasteiger partial charge in [0.1, 0.15) is 25.3 Å². The topological polar surface area (TPSA) is 111 Å². The average molecular weight is 341 g/mol. The molecule has 0 aromatic carbocycles. The third-order valence-electron chi connectivity index (χ3n) is 4.87. The number of nitrogens with zero attached hydrogens (tertiary/aromatic N) is 2. The van der Waals surface area contributed by atoms with Gasteiger partial charge in [-0.05, 0) is 6.07 Å². The lowest BCUT2D eigenvalue weighted by Gasteiger charge is -2.43. The molecule has 0 unspecified atom stereocenters. The number of rotatable bonds is 6. The number of unbranched alkanes of at least 4 members (excludes halogenated alkanes) is 1. The van der Waals surface area contributed by atoms with Crippen molar-refractivity contribution in [3.8, 4) is 0 Å². The number of aromatic nitrogens is 2. The van der Waals surface area contributed by atoms with E-state index < -0.39 is 31.3 Å². The van der Waals surface area contributed by atoms with Crippen LogP contribution in [0.1, 0.15) is 26.2 Å². The van der Waals surface area contributed by atoms with Gasteiger partial charge in [-0.1, -0.05) is 38.9 Å². The minimum absolute atomic E-state index is 0.159. The molecule has 1 fully saturated rings. The minimum atomic E-state index is -2.14. The Kier molecular flexibility index (Phi) is 5.29. The fraction of sp³-hybridized carbons (Fsp3) is 0.733. The van der Waals surface area contributed by atoms with Crippen LogP contribution in [0.2, 0.25) is 19.1 Å². The number of aliphatic hydroxyl groups is 2. The fourth-order valence-corrected chi connectivity index (χ4v) is 7.06. The smallest absolute Gasteiger partial charge is 0.351 e. The summed E-state index contributed by atoms with van der Waals surface area (Å²) < 4.78 is 7.60. The summed E-state index contributed by atoms with van der Waals surface area (Å²) in [5, 5.41) is 18.9. The third kappa shape index (κ3) is 3.21. The number of hydrogen-bond donors (Lipinski definition) is 3. The molecule has 0 radical (unpaired) electrons. The molecule has 1 aliphatic heterocycles. The summed E-state index contributed by atoms with van der Waals surface area (Å²) in [4.78, 5) is 16.2. The van der Waals surface area contributed by atoms with E-state index >= 15 is 0 Å². The van der Waals surface area contributed by atoms with Crippen molar-refractivity contribution >= 4 is 13.9 Å². The van der Waals surface area contributed by atoms with Crippen LogP contribution in [0.3, 0.4) is 0 Å². The van der Waals surface area contributed by atoms with E-state index in [1.54, 1.807) is 12.3 Å². The number of hydrogen-bond acceptors (Lipinski definition) is 6. The summed E-state index contributed by atoms with van der Waals surface area (Å²) in [7, 11) is -2.14. The molecule has 0 saturated carbocycles. The van der Waals surface area contributed by atoms with Crippen molar-refractivity contribution in [3.63, 3.8) is 0 Å². The Bertz CT molecular complexity index is 607. The van der Waals surface area contributed by atoms with Crippen molar-refractivity contribution in [2.24, 2.45) is 0 Å². The molecule has 0 spiro atoms. The first-order chi connectivity index (χ1) is 10.8. The molecule has 7 nitrogen and oxygen atoms in total. The molecule has 2 heterocycles. The standard InChI is InChI=1S/C15H27N3O4Si/c1-4-5-8-23(2,3)15(9-11(20)12(10-19)22-15)18-7-6-13(16)17-14(18)21/h6-7,11-12,19-20H,4-5,8-10H2,1-3H3,(H2,16,17,21)/t11-,12+,15-/m0/s1. The number of aliphatic hydroxyl groups excluding tert-OH is 2. The van der Waals surface area contributed by atoms with Crippen molar-refractivity contribution < 1.29 is 14.9 Å². The van der Waals surface area contributed by atoms with E-state index in [4.69, 9.17) is 10.5 Å². The molecule has 3 atom stereocenters. The zero-order valence-corrected chi connectivity index (χ0v) is 15.0. The molecule has 1 saturated heterocycles. The largest absolute Gasteiger partial charge is 0.394 e. The lowest BCUT2D eigenvalue weighted by molar-refractivity contribution is -0.0762. The summed E-state index contributed by atoms with van der Waals surface area (Å²) in [5.74, 6) is 0.159. The molecular formula is C15H27N3O4Si. The predicted octanol–water partition coefficient (Wildman–Crippen LogP) is 0.668. The first-order valence-electron chi connectivity index (χ1n) is 8.10. The average Bonchev–Trinajstić information content (AvgIpc) is 2.83. The van der Waals surface area contributed by atoms with Crippen LogP contribution in [0, 0.1) is 0 Å². The Labute approximate surface area is 137 Å². The van der Waals surface area contributed by atoms with Crippen LogP contribution in [0.25, 0.3) is 0 Å². The summed E-state index contributed by atoms with van der Waals surface area (Å²) >= 11 is 0. The SMILES string of the molecule is CCCC[Si](C)(C)[C@]1(n2ccc(N)nc2=O)C[C@H](O)[C@@H](CO)O1. The van der Waals surface area contributed by atoms with Gasteiger partial charge in [0, 0.05) is 12.6 Å². The van der Waals surface area contributed by atoms with E-state index in [2.05, 4.69) is 25.0 Å². The van der Waals surface area contributed by atoms with Crippen LogP contribution in [-0.2, 0) is 10.1 Å². The van der Waals surface area contributed by atoms with Crippen LogP contribution in [0.4, 0.5) is 5.82 Å². The van der Waals surface area contributed by atoms with Crippen molar-refractivity contribution in [3.05, 3.63) is 22.7 Å². The van der Waals surface area contributed by atoms with Crippen molar-refractivity contribution in [2.45, 2.75) is 62.9 Å². The summed E-state index contributed by atoms with van der Waals surface area (Å²) in [6.45, 7) is 6.14. The second-order valence-electron chi connectivity index (χ2n) is 6.89. The van der Waals surface area contributed by atoms with Gasteiger partial charge in [0.05, 0.1) is 12.7 Å². The maximum Gasteiger partial charge on any atom is 0.351 e. The lowest BCUT2D eigenvalue weighted by Crippen LogP contribution is -2.59. The number of anilines is 1. The molecule has 0 aliphatic carbocycles. The predicted molar refractivity (Wildman–Crippen MR) is 90.7 cm³/mol. The fourth-order valence-electron chi connectivity index (χ4n) is 3.37. The highest BCUT2D eigenvalue weighted by molar-refractivity contribution is 6.79. The molecule has 0 bridgehead atoms. The van der Waals surface area contributed by atoms with Gasteiger partial charge < -0.3 is 20.7 Å². The Balaban J connectivity index is 2.54. The van der Waals surface area contributed by atoms with E-state index in [1.165, 1.54) is 4.57 Å². The zero-order valence-electron chi connectivity index (χ0n) is 14.0. The summed E-state index contributed by atoms with van der Waals surface area (Å²) in [6, 6.07) is 2.51. The maximum atomic E-state index is 12.4. The minimum Gasteiger partial charge on any atom is -0.394 e. The molecule has 130 valence electrons. The van der Waals surface area contributed by atoms with Gasteiger partial charge >= 0.3 is 5.69 Å². The highest BCUT2D eigenvalue weighted by atomic mass is 28.3. The molecule has 23 heavy (non-hydrogen) atoms. The molecule has 8 heteroatoms. The number of nitrogens with two attached hydrogens (primary N) is 1. The molecule has 1 aliphatic rings. The van der Waals surface area contributed by atoms with Crippen LogP contribution in [0.15, 0.2) is 17.1 Å². The van der Waals surface area contributed by atoms with E-state index in [1.807, 2.05) is 0 Å². The van der Waals surface area contributed by atoms with Gasteiger partial charge in [-0.15, -0.1) is 0 Å². The maximum absolute atomic E-state index is 12.4. The Morgan fingerprint density at radius 1 is 1.57 bits per heavy atom. The molecule has 1 aromatic heterocycles. The Hall–Kier alpha value is -1.22. The first kappa shape index (κ1) is 18.1. The number of nitrogen functional groups attached to an aromatic ring is 1. The van der Waals surface area contributed by atoms with Gasteiger partial charge in [-0.2, -0.15) is 4.98 Å². The van der Waals surface area contributed by atoms with Crippen molar-refractivity contribution in [2.75, 3.05) is 12.3 Å². The van der Waals surface area contributed by atoms with Gasteiger partial charge in [0.15, 0.2) is 0 Å². The van der Waals surface area contributed by atoms with Crippen LogP contribution >= 0.6 is 0 Å². The van der Waals surface area contributed by atoms with Gasteiger partial charge in [0.25, 0.3) is 0 Å². The molecule has 0 amide bonds. The van der Waals surface area contributed by atoms with Gasteiger partial charge in [-0.3, -0.25) is 4.57 Å². The molecular weight excluding hydrogens is 314 g/mol.